The van der Waals surface area contributed by atoms with E-state index in [9.17, 15) is 26.3 Å². The highest BCUT2D eigenvalue weighted by Crippen LogP contribution is 2.38. The van der Waals surface area contributed by atoms with Crippen LogP contribution in [0.15, 0.2) is 42.9 Å². The molecule has 0 saturated carbocycles. The van der Waals surface area contributed by atoms with Crippen molar-refractivity contribution in [1.82, 2.24) is 15.0 Å². The number of halogens is 6. The van der Waals surface area contributed by atoms with E-state index in [2.05, 4.69) is 20.3 Å². The van der Waals surface area contributed by atoms with E-state index in [0.29, 0.717) is 39.6 Å². The summed E-state index contributed by atoms with van der Waals surface area (Å²) in [4.78, 5) is 12.4. The fraction of sp³-hybridized carbons (Fsp3) is 0.250. The molecule has 11 heteroatoms. The number of nitrogens with two attached hydrogens (primary N) is 1. The van der Waals surface area contributed by atoms with E-state index in [0.717, 1.165) is 12.1 Å². The zero-order valence-corrected chi connectivity index (χ0v) is 15.7. The van der Waals surface area contributed by atoms with Gasteiger partial charge in [0.15, 0.2) is 0 Å². The summed E-state index contributed by atoms with van der Waals surface area (Å²) in [5.74, 6) is -0.0501. The van der Waals surface area contributed by atoms with Crippen molar-refractivity contribution in [3.05, 3.63) is 65.1 Å². The number of aromatic nitrogens is 3. The number of nitrogens with zero attached hydrogens (tertiary/aromatic N) is 3. The molecule has 0 radical (unpaired) electrons. The van der Waals surface area contributed by atoms with Crippen LogP contribution in [-0.2, 0) is 12.6 Å². The summed E-state index contributed by atoms with van der Waals surface area (Å²) in [6.45, 7) is -0.610. The monoisotopic (exact) mass is 439 g/mol. The van der Waals surface area contributed by atoms with Crippen molar-refractivity contribution in [2.45, 2.75) is 24.8 Å². The molecule has 0 amide bonds. The number of hydrogen-bond acceptors (Lipinski definition) is 5. The highest BCUT2D eigenvalue weighted by molar-refractivity contribution is 5.96. The molecule has 5 nitrogen and oxygen atoms in total. The van der Waals surface area contributed by atoms with E-state index < -0.39 is 30.5 Å². The van der Waals surface area contributed by atoms with Crippen LogP contribution in [0.4, 0.5) is 32.3 Å². The zero-order valence-electron chi connectivity index (χ0n) is 15.7. The van der Waals surface area contributed by atoms with E-state index in [1.54, 1.807) is 6.08 Å². The van der Waals surface area contributed by atoms with Gasteiger partial charge in [-0.15, -0.1) is 0 Å². The highest BCUT2D eigenvalue weighted by atomic mass is 19.4. The predicted molar refractivity (Wildman–Crippen MR) is 102 cm³/mol. The lowest BCUT2D eigenvalue weighted by atomic mass is 9.97. The Bertz CT molecular complexity index is 1170. The number of rotatable bonds is 4. The predicted octanol–water partition coefficient (Wildman–Crippen LogP) is 4.33. The molecule has 4 rings (SSSR count). The molecule has 162 valence electrons. The molecule has 0 saturated heterocycles. The number of allylic oxidation sites excluding steroid dienone is 1. The number of fused-ring (bicyclic) bond motifs is 2. The van der Waals surface area contributed by atoms with E-state index in [-0.39, 0.29) is 5.95 Å². The first-order chi connectivity index (χ1) is 14.5. The van der Waals surface area contributed by atoms with E-state index in [4.69, 9.17) is 5.73 Å². The second-order valence-corrected chi connectivity index (χ2v) is 7.04. The summed E-state index contributed by atoms with van der Waals surface area (Å²) in [5, 5.41) is 3.00. The molecule has 31 heavy (non-hydrogen) atoms. The van der Waals surface area contributed by atoms with Gasteiger partial charge in [0, 0.05) is 36.1 Å². The second kappa shape index (κ2) is 7.49. The Morgan fingerprint density at radius 3 is 2.52 bits per heavy atom. The third-order valence-electron chi connectivity index (χ3n) is 4.93. The summed E-state index contributed by atoms with van der Waals surface area (Å²) in [6, 6.07) is 1.43. The molecule has 3 aromatic rings. The first-order valence-corrected chi connectivity index (χ1v) is 9.12. The van der Waals surface area contributed by atoms with E-state index in [1.165, 1.54) is 24.7 Å². The summed E-state index contributed by atoms with van der Waals surface area (Å²) in [7, 11) is 0. The van der Waals surface area contributed by atoms with E-state index >= 15 is 0 Å². The molecular weight excluding hydrogens is 424 g/mol. The smallest absolute Gasteiger partial charge is 0.352 e. The molecule has 1 aromatic carbocycles. The summed E-state index contributed by atoms with van der Waals surface area (Å²) in [5.41, 5.74) is 7.11. The van der Waals surface area contributed by atoms with Gasteiger partial charge in [0.05, 0.1) is 11.1 Å². The van der Waals surface area contributed by atoms with Crippen LogP contribution >= 0.6 is 0 Å². The normalized spacial score (nSPS) is 15.0. The van der Waals surface area contributed by atoms with Crippen molar-refractivity contribution in [1.29, 1.82) is 0 Å². The number of alkyl halides is 6. The standard InChI is InChI=1S/C20H15F6N5/c21-19(22,23)12-2-4-13-10(5-12)1-3-14(13)15-8-28-6-11-7-29-18(31-17(11)15)30-9-16(27)20(24,25)26/h2-8,16H,1,9,27H2,(H,29,30,31). The van der Waals surface area contributed by atoms with Gasteiger partial charge in [0.2, 0.25) is 5.95 Å². The molecule has 1 atom stereocenters. The Morgan fingerprint density at radius 1 is 1.03 bits per heavy atom. The maximum atomic E-state index is 13.0. The summed E-state index contributed by atoms with van der Waals surface area (Å²) < 4.78 is 76.9. The maximum Gasteiger partial charge on any atom is 0.416 e. The van der Waals surface area contributed by atoms with Gasteiger partial charge in [-0.05, 0) is 35.3 Å². The summed E-state index contributed by atoms with van der Waals surface area (Å²) in [6.07, 6.45) is -2.51. The van der Waals surface area contributed by atoms with Gasteiger partial charge in [-0.3, -0.25) is 4.98 Å². The van der Waals surface area contributed by atoms with Crippen molar-refractivity contribution in [2.75, 3.05) is 11.9 Å². The Morgan fingerprint density at radius 2 is 1.81 bits per heavy atom. The lowest BCUT2D eigenvalue weighted by molar-refractivity contribution is -0.144. The lowest BCUT2D eigenvalue weighted by Crippen LogP contribution is -2.43. The summed E-state index contributed by atoms with van der Waals surface area (Å²) >= 11 is 0. The molecule has 0 aliphatic heterocycles. The molecular formula is C20H15F6N5. The maximum absolute atomic E-state index is 13.0. The first kappa shape index (κ1) is 21.0. The Labute approximate surface area is 172 Å². The van der Waals surface area contributed by atoms with E-state index in [1.807, 2.05) is 0 Å². The fourth-order valence-electron chi connectivity index (χ4n) is 3.33. The lowest BCUT2D eigenvalue weighted by Gasteiger charge is -2.16. The number of hydrogen-bond donors (Lipinski definition) is 2. The number of nitrogens with one attached hydrogen (secondary N) is 1. The average molecular weight is 439 g/mol. The highest BCUT2D eigenvalue weighted by Gasteiger charge is 2.36. The molecule has 0 fully saturated rings. The Kier molecular flexibility index (Phi) is 5.08. The molecule has 1 aliphatic rings. The van der Waals surface area contributed by atoms with Crippen LogP contribution in [-0.4, -0.2) is 33.7 Å². The van der Waals surface area contributed by atoms with Crippen LogP contribution in [0.3, 0.4) is 0 Å². The Hall–Kier alpha value is -3.21. The largest absolute Gasteiger partial charge is 0.416 e. The number of benzene rings is 1. The minimum absolute atomic E-state index is 0.0501. The number of pyridine rings is 1. The molecule has 3 N–H and O–H groups in total. The van der Waals surface area contributed by atoms with Crippen LogP contribution in [0.5, 0.6) is 0 Å². The first-order valence-electron chi connectivity index (χ1n) is 9.12. The van der Waals surface area contributed by atoms with Crippen LogP contribution in [0.1, 0.15) is 22.3 Å². The minimum atomic E-state index is -4.56. The van der Waals surface area contributed by atoms with Gasteiger partial charge >= 0.3 is 12.4 Å². The van der Waals surface area contributed by atoms with Gasteiger partial charge in [0.1, 0.15) is 6.04 Å². The quantitative estimate of drug-likeness (QED) is 0.592. The zero-order chi connectivity index (χ0) is 22.4. The average Bonchev–Trinajstić information content (AvgIpc) is 3.13. The van der Waals surface area contributed by atoms with Gasteiger partial charge < -0.3 is 11.1 Å². The van der Waals surface area contributed by atoms with Gasteiger partial charge in [-0.2, -0.15) is 26.3 Å². The van der Waals surface area contributed by atoms with Crippen molar-refractivity contribution in [3.8, 4) is 0 Å². The molecule has 0 bridgehead atoms. The van der Waals surface area contributed by atoms with Crippen molar-refractivity contribution >= 4 is 22.4 Å². The molecule has 2 heterocycles. The third kappa shape index (κ3) is 4.18. The van der Waals surface area contributed by atoms with Crippen LogP contribution in [0.25, 0.3) is 16.5 Å². The SMILES string of the molecule is NC(CNc1ncc2cncc(C3=CCc4cc(C(F)(F)F)ccc43)c2n1)C(F)(F)F. The molecule has 0 spiro atoms. The van der Waals surface area contributed by atoms with Gasteiger partial charge in [0.25, 0.3) is 0 Å². The van der Waals surface area contributed by atoms with Gasteiger partial charge in [-0.25, -0.2) is 9.97 Å². The third-order valence-corrected chi connectivity index (χ3v) is 4.93. The van der Waals surface area contributed by atoms with Crippen LogP contribution in [0.2, 0.25) is 0 Å². The van der Waals surface area contributed by atoms with Crippen LogP contribution < -0.4 is 11.1 Å². The molecule has 1 unspecified atom stereocenters. The van der Waals surface area contributed by atoms with Crippen LogP contribution in [0, 0.1) is 0 Å². The van der Waals surface area contributed by atoms with Crippen molar-refractivity contribution in [2.24, 2.45) is 5.73 Å². The van der Waals surface area contributed by atoms with Crippen molar-refractivity contribution in [3.63, 3.8) is 0 Å². The topological polar surface area (TPSA) is 76.7 Å². The van der Waals surface area contributed by atoms with Gasteiger partial charge in [-0.1, -0.05) is 12.1 Å². The second-order valence-electron chi connectivity index (χ2n) is 7.04. The fourth-order valence-corrected chi connectivity index (χ4v) is 3.33. The molecule has 2 aromatic heterocycles. The van der Waals surface area contributed by atoms with Crippen molar-refractivity contribution < 1.29 is 26.3 Å². The Balaban J connectivity index is 1.68. The minimum Gasteiger partial charge on any atom is -0.352 e. The molecule has 1 aliphatic carbocycles. The number of anilines is 1.